The lowest BCUT2D eigenvalue weighted by molar-refractivity contribution is 0.578. The summed E-state index contributed by atoms with van der Waals surface area (Å²) in [5, 5.41) is 4.77. The molecule has 1 aliphatic heterocycles. The number of nitrogens with one attached hydrogen (secondary N) is 1. The molecular weight excluding hydrogens is 277 g/mol. The minimum Gasteiger partial charge on any atom is -0.309 e. The summed E-state index contributed by atoms with van der Waals surface area (Å²) in [6.45, 7) is 2.92. The number of rotatable bonds is 1. The van der Waals surface area contributed by atoms with Crippen molar-refractivity contribution in [3.05, 3.63) is 33.8 Å². The van der Waals surface area contributed by atoms with Gasteiger partial charge in [0.05, 0.1) is 10.0 Å². The van der Waals surface area contributed by atoms with E-state index in [-0.39, 0.29) is 11.3 Å². The molecule has 1 heterocycles. The van der Waals surface area contributed by atoms with Crippen LogP contribution >= 0.6 is 23.2 Å². The minimum absolute atomic E-state index is 0.107. The van der Waals surface area contributed by atoms with Gasteiger partial charge in [0.1, 0.15) is 0 Å². The molecule has 0 bridgehead atoms. The Morgan fingerprint density at radius 3 is 2.82 bits per heavy atom. The van der Waals surface area contributed by atoms with Gasteiger partial charge in [-0.25, -0.2) is 0 Å². The molecule has 3 unspecified atom stereocenters. The SMILES string of the molecule is CC1CCNC(c2ccc(Cl)c(Cl)c2)CS1=O. The van der Waals surface area contributed by atoms with Gasteiger partial charge in [-0.2, -0.15) is 0 Å². The van der Waals surface area contributed by atoms with Crippen molar-refractivity contribution < 1.29 is 4.21 Å². The predicted octanol–water partition coefficient (Wildman–Crippen LogP) is 3.17. The first-order valence-corrected chi connectivity index (χ1v) is 7.77. The fraction of sp³-hybridized carbons (Fsp3) is 0.500. The van der Waals surface area contributed by atoms with Crippen molar-refractivity contribution in [3.8, 4) is 0 Å². The van der Waals surface area contributed by atoms with Crippen LogP contribution in [0.2, 0.25) is 10.0 Å². The zero-order valence-corrected chi connectivity index (χ0v) is 11.9. The highest BCUT2D eigenvalue weighted by Gasteiger charge is 2.22. The van der Waals surface area contributed by atoms with Gasteiger partial charge in [0.25, 0.3) is 0 Å². The molecule has 17 heavy (non-hydrogen) atoms. The summed E-state index contributed by atoms with van der Waals surface area (Å²) in [5.74, 6) is 0.638. The lowest BCUT2D eigenvalue weighted by Crippen LogP contribution is -2.23. The molecule has 2 nitrogen and oxygen atoms in total. The zero-order valence-electron chi connectivity index (χ0n) is 9.58. The standard InChI is InChI=1S/C12H15Cl2NOS/c1-8-4-5-15-12(7-17(8)16)9-2-3-10(13)11(14)6-9/h2-3,6,8,12,15H,4-5,7H2,1H3. The monoisotopic (exact) mass is 291 g/mol. The maximum Gasteiger partial charge on any atom is 0.0595 e. The van der Waals surface area contributed by atoms with Gasteiger partial charge in [0.2, 0.25) is 0 Å². The van der Waals surface area contributed by atoms with Crippen molar-refractivity contribution in [2.45, 2.75) is 24.6 Å². The Labute approximate surface area is 114 Å². The highest BCUT2D eigenvalue weighted by Crippen LogP contribution is 2.27. The van der Waals surface area contributed by atoms with Crippen LogP contribution in [-0.4, -0.2) is 21.8 Å². The summed E-state index contributed by atoms with van der Waals surface area (Å²) in [4.78, 5) is 0. The summed E-state index contributed by atoms with van der Waals surface area (Å²) in [6, 6.07) is 5.70. The average molecular weight is 292 g/mol. The molecule has 0 radical (unpaired) electrons. The van der Waals surface area contributed by atoms with Gasteiger partial charge in [-0.3, -0.25) is 4.21 Å². The lowest BCUT2D eigenvalue weighted by atomic mass is 10.1. The van der Waals surface area contributed by atoms with Crippen LogP contribution in [0.1, 0.15) is 24.9 Å². The minimum atomic E-state index is -0.783. The molecule has 5 heteroatoms. The number of hydrogen-bond acceptors (Lipinski definition) is 2. The molecule has 94 valence electrons. The summed E-state index contributed by atoms with van der Waals surface area (Å²) < 4.78 is 12.0. The lowest BCUT2D eigenvalue weighted by Gasteiger charge is -2.16. The highest BCUT2D eigenvalue weighted by molar-refractivity contribution is 7.85. The molecule has 0 aromatic heterocycles. The fourth-order valence-corrected chi connectivity index (χ4v) is 3.58. The summed E-state index contributed by atoms with van der Waals surface area (Å²) in [5.41, 5.74) is 1.06. The Bertz CT molecular complexity index is 439. The molecule has 2 rings (SSSR count). The van der Waals surface area contributed by atoms with Crippen molar-refractivity contribution >= 4 is 34.0 Å². The first-order valence-electron chi connectivity index (χ1n) is 5.63. The van der Waals surface area contributed by atoms with E-state index in [4.69, 9.17) is 23.2 Å². The third kappa shape index (κ3) is 3.22. The van der Waals surface area contributed by atoms with Gasteiger partial charge >= 0.3 is 0 Å². The van der Waals surface area contributed by atoms with Crippen molar-refractivity contribution in [1.29, 1.82) is 0 Å². The zero-order chi connectivity index (χ0) is 12.4. The second-order valence-electron chi connectivity index (χ2n) is 4.33. The molecule has 0 saturated carbocycles. The first-order chi connectivity index (χ1) is 8.08. The molecule has 0 amide bonds. The van der Waals surface area contributed by atoms with Crippen molar-refractivity contribution in [1.82, 2.24) is 5.32 Å². The Kier molecular flexibility index (Phi) is 4.47. The van der Waals surface area contributed by atoms with Gasteiger partial charge in [0.15, 0.2) is 0 Å². The maximum atomic E-state index is 12.0. The number of halogens is 2. The number of benzene rings is 1. The van der Waals surface area contributed by atoms with Crippen molar-refractivity contribution in [2.24, 2.45) is 0 Å². The van der Waals surface area contributed by atoms with E-state index in [0.29, 0.717) is 15.8 Å². The highest BCUT2D eigenvalue weighted by atomic mass is 35.5. The van der Waals surface area contributed by atoms with Crippen LogP contribution in [-0.2, 0) is 10.8 Å². The molecule has 1 fully saturated rings. The first kappa shape index (κ1) is 13.3. The molecule has 1 saturated heterocycles. The topological polar surface area (TPSA) is 29.1 Å². The van der Waals surface area contributed by atoms with Crippen molar-refractivity contribution in [3.63, 3.8) is 0 Å². The maximum absolute atomic E-state index is 12.0. The summed E-state index contributed by atoms with van der Waals surface area (Å²) in [6.07, 6.45) is 0.949. The predicted molar refractivity (Wildman–Crippen MR) is 74.3 cm³/mol. The van der Waals surface area contributed by atoms with Crippen LogP contribution in [0, 0.1) is 0 Å². The van der Waals surface area contributed by atoms with Crippen LogP contribution in [0.15, 0.2) is 18.2 Å². The summed E-state index contributed by atoms with van der Waals surface area (Å²) in [7, 11) is -0.783. The van der Waals surface area contributed by atoms with Crippen LogP contribution in [0.25, 0.3) is 0 Å². The largest absolute Gasteiger partial charge is 0.309 e. The molecule has 1 N–H and O–H groups in total. The van der Waals surface area contributed by atoms with Crippen molar-refractivity contribution in [2.75, 3.05) is 12.3 Å². The Hall–Kier alpha value is -0.0900. The van der Waals surface area contributed by atoms with Gasteiger partial charge < -0.3 is 5.32 Å². The van der Waals surface area contributed by atoms with Crippen LogP contribution in [0.3, 0.4) is 0 Å². The average Bonchev–Trinajstić information content (AvgIpc) is 2.46. The van der Waals surface area contributed by atoms with E-state index in [0.717, 1.165) is 18.5 Å². The van der Waals surface area contributed by atoms with Gasteiger partial charge in [-0.1, -0.05) is 36.2 Å². The van der Waals surface area contributed by atoms with E-state index < -0.39 is 10.8 Å². The fourth-order valence-electron chi connectivity index (χ4n) is 1.92. The second-order valence-corrected chi connectivity index (χ2v) is 7.04. The van der Waals surface area contributed by atoms with Gasteiger partial charge in [0, 0.05) is 27.8 Å². The molecule has 1 aromatic rings. The normalized spacial score (nSPS) is 29.9. The van der Waals surface area contributed by atoms with Gasteiger partial charge in [-0.05, 0) is 30.7 Å². The Morgan fingerprint density at radius 2 is 2.12 bits per heavy atom. The molecular formula is C12H15Cl2NOS. The van der Waals surface area contributed by atoms with E-state index >= 15 is 0 Å². The molecule has 1 aliphatic rings. The second kappa shape index (κ2) is 5.70. The van der Waals surface area contributed by atoms with Crippen LogP contribution in [0.4, 0.5) is 0 Å². The summed E-state index contributed by atoms with van der Waals surface area (Å²) >= 11 is 11.9. The van der Waals surface area contributed by atoms with E-state index in [2.05, 4.69) is 5.32 Å². The number of hydrogen-bond donors (Lipinski definition) is 1. The smallest absolute Gasteiger partial charge is 0.0595 e. The molecule has 0 spiro atoms. The third-order valence-corrected chi connectivity index (χ3v) is 5.60. The molecule has 1 aromatic carbocycles. The molecule has 0 aliphatic carbocycles. The Morgan fingerprint density at radius 1 is 1.35 bits per heavy atom. The van der Waals surface area contributed by atoms with E-state index in [1.807, 2.05) is 19.1 Å². The van der Waals surface area contributed by atoms with E-state index in [1.165, 1.54) is 0 Å². The van der Waals surface area contributed by atoms with Crippen LogP contribution in [0.5, 0.6) is 0 Å². The van der Waals surface area contributed by atoms with E-state index in [9.17, 15) is 4.21 Å². The van der Waals surface area contributed by atoms with Gasteiger partial charge in [-0.15, -0.1) is 0 Å². The molecule has 3 atom stereocenters. The van der Waals surface area contributed by atoms with Crippen LogP contribution < -0.4 is 5.32 Å². The van der Waals surface area contributed by atoms with E-state index in [1.54, 1.807) is 6.07 Å². The third-order valence-electron chi connectivity index (χ3n) is 3.07. The quantitative estimate of drug-likeness (QED) is 0.861. The Balaban J connectivity index is 2.21.